The molecular formula is C14H19N3OS. The quantitative estimate of drug-likeness (QED) is 0.851. The molecule has 2 aromatic rings. The van der Waals surface area contributed by atoms with Gasteiger partial charge in [0.2, 0.25) is 0 Å². The molecule has 0 saturated heterocycles. The normalized spacial score (nSPS) is 12.1. The molecule has 5 heteroatoms. The molecule has 102 valence electrons. The van der Waals surface area contributed by atoms with Crippen molar-refractivity contribution in [2.75, 3.05) is 17.7 Å². The lowest BCUT2D eigenvalue weighted by Gasteiger charge is -2.15. The standard InChI is InChI=1S/C14H19N3OS/c1-3-18-12-13(15)17-19-14(12)16-10(2)9-11-7-5-4-6-8-11/h4-8,10,16H,3,9H2,1-2H3,(H2,15,17). The Morgan fingerprint density at radius 1 is 1.37 bits per heavy atom. The van der Waals surface area contributed by atoms with Crippen molar-refractivity contribution in [2.24, 2.45) is 0 Å². The fourth-order valence-electron chi connectivity index (χ4n) is 1.91. The Bertz CT molecular complexity index is 513. The summed E-state index contributed by atoms with van der Waals surface area (Å²) in [6.45, 7) is 4.66. The molecule has 0 aliphatic rings. The van der Waals surface area contributed by atoms with Crippen LogP contribution in [0.3, 0.4) is 0 Å². The Labute approximate surface area is 117 Å². The number of benzene rings is 1. The van der Waals surface area contributed by atoms with E-state index in [0.29, 0.717) is 24.2 Å². The van der Waals surface area contributed by atoms with Crippen LogP contribution in [0.1, 0.15) is 19.4 Å². The lowest BCUT2D eigenvalue weighted by atomic mass is 10.1. The lowest BCUT2D eigenvalue weighted by Crippen LogP contribution is -2.17. The Balaban J connectivity index is 2.01. The molecule has 0 saturated carbocycles. The first-order chi connectivity index (χ1) is 9.20. The van der Waals surface area contributed by atoms with E-state index in [1.807, 2.05) is 13.0 Å². The highest BCUT2D eigenvalue weighted by Crippen LogP contribution is 2.35. The molecular weight excluding hydrogens is 258 g/mol. The van der Waals surface area contributed by atoms with Crippen molar-refractivity contribution in [2.45, 2.75) is 26.3 Å². The Morgan fingerprint density at radius 2 is 2.11 bits per heavy atom. The third kappa shape index (κ3) is 3.61. The van der Waals surface area contributed by atoms with Crippen LogP contribution < -0.4 is 15.8 Å². The van der Waals surface area contributed by atoms with Crippen LogP contribution in [0.25, 0.3) is 0 Å². The number of hydrogen-bond donors (Lipinski definition) is 2. The van der Waals surface area contributed by atoms with Gasteiger partial charge in [-0.2, -0.15) is 4.37 Å². The van der Waals surface area contributed by atoms with E-state index in [-0.39, 0.29) is 0 Å². The molecule has 2 rings (SSSR count). The molecule has 0 aliphatic carbocycles. The van der Waals surface area contributed by atoms with Crippen LogP contribution in [0.4, 0.5) is 10.8 Å². The summed E-state index contributed by atoms with van der Waals surface area (Å²) < 4.78 is 9.65. The number of hydrogen-bond acceptors (Lipinski definition) is 5. The summed E-state index contributed by atoms with van der Waals surface area (Å²) in [5.74, 6) is 1.13. The highest BCUT2D eigenvalue weighted by molar-refractivity contribution is 7.11. The second-order valence-corrected chi connectivity index (χ2v) is 5.17. The summed E-state index contributed by atoms with van der Waals surface area (Å²) in [6, 6.07) is 10.7. The largest absolute Gasteiger partial charge is 0.487 e. The van der Waals surface area contributed by atoms with Crippen molar-refractivity contribution >= 4 is 22.4 Å². The van der Waals surface area contributed by atoms with Crippen LogP contribution in [0.15, 0.2) is 30.3 Å². The van der Waals surface area contributed by atoms with Gasteiger partial charge in [-0.3, -0.25) is 0 Å². The van der Waals surface area contributed by atoms with Crippen LogP contribution in [-0.4, -0.2) is 17.0 Å². The Hall–Kier alpha value is -1.75. The van der Waals surface area contributed by atoms with Gasteiger partial charge in [0.05, 0.1) is 6.61 Å². The molecule has 4 nitrogen and oxygen atoms in total. The van der Waals surface area contributed by atoms with Crippen molar-refractivity contribution in [1.82, 2.24) is 4.37 Å². The van der Waals surface area contributed by atoms with Crippen LogP contribution in [0.5, 0.6) is 5.75 Å². The maximum Gasteiger partial charge on any atom is 0.197 e. The SMILES string of the molecule is CCOc1c(N)nsc1NC(C)Cc1ccccc1. The summed E-state index contributed by atoms with van der Waals surface area (Å²) in [6.07, 6.45) is 0.949. The van der Waals surface area contributed by atoms with E-state index in [9.17, 15) is 0 Å². The summed E-state index contributed by atoms with van der Waals surface area (Å²) in [4.78, 5) is 0. The second kappa shape index (κ2) is 6.43. The average molecular weight is 277 g/mol. The number of nitrogens with zero attached hydrogens (tertiary/aromatic N) is 1. The number of nitrogens with one attached hydrogen (secondary N) is 1. The van der Waals surface area contributed by atoms with Crippen LogP contribution in [0.2, 0.25) is 0 Å². The number of rotatable bonds is 6. The van der Waals surface area contributed by atoms with Gasteiger partial charge in [0.1, 0.15) is 0 Å². The number of nitrogen functional groups attached to an aromatic ring is 1. The van der Waals surface area contributed by atoms with Gasteiger partial charge in [0, 0.05) is 6.04 Å². The topological polar surface area (TPSA) is 60.2 Å². The molecule has 1 heterocycles. The zero-order chi connectivity index (χ0) is 13.7. The lowest BCUT2D eigenvalue weighted by molar-refractivity contribution is 0.344. The number of anilines is 2. The molecule has 0 fully saturated rings. The van der Waals surface area contributed by atoms with Gasteiger partial charge < -0.3 is 15.8 Å². The van der Waals surface area contributed by atoms with E-state index in [1.54, 1.807) is 0 Å². The third-order valence-corrected chi connectivity index (χ3v) is 3.50. The minimum atomic E-state index is 0.293. The number of ether oxygens (including phenoxy) is 1. The molecule has 3 N–H and O–H groups in total. The maximum absolute atomic E-state index is 5.79. The first-order valence-electron chi connectivity index (χ1n) is 6.39. The molecule has 1 aromatic heterocycles. The van der Waals surface area contributed by atoms with Gasteiger partial charge in [0.15, 0.2) is 16.6 Å². The van der Waals surface area contributed by atoms with Crippen molar-refractivity contribution < 1.29 is 4.74 Å². The van der Waals surface area contributed by atoms with E-state index in [4.69, 9.17) is 10.5 Å². The van der Waals surface area contributed by atoms with E-state index in [1.165, 1.54) is 17.1 Å². The molecule has 0 bridgehead atoms. The van der Waals surface area contributed by atoms with Crippen molar-refractivity contribution in [3.05, 3.63) is 35.9 Å². The molecule has 19 heavy (non-hydrogen) atoms. The zero-order valence-corrected chi connectivity index (χ0v) is 12.0. The van der Waals surface area contributed by atoms with Gasteiger partial charge in [0.25, 0.3) is 0 Å². The monoisotopic (exact) mass is 277 g/mol. The zero-order valence-electron chi connectivity index (χ0n) is 11.2. The molecule has 1 atom stereocenters. The van der Waals surface area contributed by atoms with Gasteiger partial charge in [-0.1, -0.05) is 30.3 Å². The molecule has 0 aliphatic heterocycles. The minimum Gasteiger partial charge on any atom is -0.487 e. The third-order valence-electron chi connectivity index (χ3n) is 2.73. The van der Waals surface area contributed by atoms with Crippen LogP contribution in [0, 0.1) is 0 Å². The molecule has 1 unspecified atom stereocenters. The predicted octanol–water partition coefficient (Wildman–Crippen LogP) is 3.17. The van der Waals surface area contributed by atoms with Crippen LogP contribution >= 0.6 is 11.5 Å². The van der Waals surface area contributed by atoms with E-state index < -0.39 is 0 Å². The predicted molar refractivity (Wildman–Crippen MR) is 80.9 cm³/mol. The summed E-state index contributed by atoms with van der Waals surface area (Å²) >= 11 is 1.34. The minimum absolute atomic E-state index is 0.293. The Morgan fingerprint density at radius 3 is 2.79 bits per heavy atom. The van der Waals surface area contributed by atoms with Crippen molar-refractivity contribution in [3.63, 3.8) is 0 Å². The van der Waals surface area contributed by atoms with Gasteiger partial charge >= 0.3 is 0 Å². The molecule has 0 amide bonds. The average Bonchev–Trinajstić information content (AvgIpc) is 2.73. The summed E-state index contributed by atoms with van der Waals surface area (Å²) in [5.41, 5.74) is 7.09. The highest BCUT2D eigenvalue weighted by atomic mass is 32.1. The van der Waals surface area contributed by atoms with E-state index >= 15 is 0 Å². The van der Waals surface area contributed by atoms with Gasteiger partial charge in [-0.25, -0.2) is 0 Å². The van der Waals surface area contributed by atoms with Gasteiger partial charge in [-0.15, -0.1) is 0 Å². The smallest absolute Gasteiger partial charge is 0.197 e. The maximum atomic E-state index is 5.79. The molecule has 0 spiro atoms. The Kier molecular flexibility index (Phi) is 4.63. The highest BCUT2D eigenvalue weighted by Gasteiger charge is 2.14. The fourth-order valence-corrected chi connectivity index (χ4v) is 2.69. The van der Waals surface area contributed by atoms with E-state index in [0.717, 1.165) is 11.4 Å². The van der Waals surface area contributed by atoms with Crippen LogP contribution in [-0.2, 0) is 6.42 Å². The number of nitrogens with two attached hydrogens (primary N) is 1. The molecule has 1 aromatic carbocycles. The second-order valence-electron chi connectivity index (χ2n) is 4.39. The molecule has 0 radical (unpaired) electrons. The fraction of sp³-hybridized carbons (Fsp3) is 0.357. The summed E-state index contributed by atoms with van der Waals surface area (Å²) in [7, 11) is 0. The van der Waals surface area contributed by atoms with Crippen molar-refractivity contribution in [1.29, 1.82) is 0 Å². The van der Waals surface area contributed by atoms with Crippen molar-refractivity contribution in [3.8, 4) is 5.75 Å². The first-order valence-corrected chi connectivity index (χ1v) is 7.16. The van der Waals surface area contributed by atoms with Gasteiger partial charge in [-0.05, 0) is 37.4 Å². The first kappa shape index (κ1) is 13.7. The summed E-state index contributed by atoms with van der Waals surface area (Å²) in [5, 5.41) is 4.32. The number of aromatic nitrogens is 1. The van der Waals surface area contributed by atoms with E-state index in [2.05, 4.69) is 40.9 Å².